The van der Waals surface area contributed by atoms with Crippen molar-refractivity contribution in [2.75, 3.05) is 20.8 Å². The van der Waals surface area contributed by atoms with E-state index in [2.05, 4.69) is 15.6 Å². The average Bonchev–Trinajstić information content (AvgIpc) is 2.87. The standard InChI is InChI=1S/C13H18N4O2/c1-14-9-11-10-17(16-15-11)6-7-19-13-5-3-4-12(8-13)18-2/h3-5,8,10,14H,6-7,9H2,1-2H3. The number of aromatic nitrogens is 3. The van der Waals surface area contributed by atoms with Gasteiger partial charge >= 0.3 is 0 Å². The second-order valence-corrected chi connectivity index (χ2v) is 4.03. The van der Waals surface area contributed by atoms with E-state index in [1.807, 2.05) is 37.5 Å². The van der Waals surface area contributed by atoms with Crippen LogP contribution in [-0.4, -0.2) is 35.8 Å². The van der Waals surface area contributed by atoms with Crippen LogP contribution in [0.4, 0.5) is 0 Å². The van der Waals surface area contributed by atoms with Crippen molar-refractivity contribution in [1.29, 1.82) is 0 Å². The summed E-state index contributed by atoms with van der Waals surface area (Å²) in [6, 6.07) is 7.53. The first-order valence-corrected chi connectivity index (χ1v) is 6.12. The van der Waals surface area contributed by atoms with Crippen LogP contribution in [0.2, 0.25) is 0 Å². The van der Waals surface area contributed by atoms with Gasteiger partial charge in [-0.2, -0.15) is 0 Å². The molecule has 1 heterocycles. The minimum Gasteiger partial charge on any atom is -0.497 e. The number of ether oxygens (including phenoxy) is 2. The summed E-state index contributed by atoms with van der Waals surface area (Å²) in [6.07, 6.45) is 1.91. The Bertz CT molecular complexity index is 513. The topological polar surface area (TPSA) is 61.2 Å². The molecule has 0 saturated heterocycles. The number of methoxy groups -OCH3 is 1. The van der Waals surface area contributed by atoms with Gasteiger partial charge in [-0.25, -0.2) is 4.68 Å². The van der Waals surface area contributed by atoms with Crippen LogP contribution in [0.1, 0.15) is 5.69 Å². The Hall–Kier alpha value is -2.08. The molecule has 0 aliphatic rings. The number of hydrogen-bond donors (Lipinski definition) is 1. The maximum Gasteiger partial charge on any atom is 0.123 e. The van der Waals surface area contributed by atoms with Gasteiger partial charge in [0.1, 0.15) is 18.1 Å². The van der Waals surface area contributed by atoms with Crippen molar-refractivity contribution in [3.8, 4) is 11.5 Å². The molecule has 0 fully saturated rings. The highest BCUT2D eigenvalue weighted by Gasteiger charge is 2.00. The normalized spacial score (nSPS) is 10.4. The first-order chi connectivity index (χ1) is 9.31. The summed E-state index contributed by atoms with van der Waals surface area (Å²) in [5, 5.41) is 11.1. The van der Waals surface area contributed by atoms with Crippen LogP contribution < -0.4 is 14.8 Å². The molecule has 2 aromatic rings. The summed E-state index contributed by atoms with van der Waals surface area (Å²) in [5.74, 6) is 1.57. The van der Waals surface area contributed by atoms with Crippen LogP contribution in [0.25, 0.3) is 0 Å². The molecule has 1 N–H and O–H groups in total. The van der Waals surface area contributed by atoms with Crippen molar-refractivity contribution in [3.05, 3.63) is 36.2 Å². The van der Waals surface area contributed by atoms with E-state index in [4.69, 9.17) is 9.47 Å². The fourth-order valence-electron chi connectivity index (χ4n) is 1.66. The molecule has 6 heteroatoms. The zero-order chi connectivity index (χ0) is 13.5. The molecule has 1 aromatic carbocycles. The molecule has 6 nitrogen and oxygen atoms in total. The second kappa shape index (κ2) is 6.75. The summed E-state index contributed by atoms with van der Waals surface area (Å²) in [4.78, 5) is 0. The van der Waals surface area contributed by atoms with Gasteiger partial charge in [-0.3, -0.25) is 0 Å². The van der Waals surface area contributed by atoms with Gasteiger partial charge in [0.2, 0.25) is 0 Å². The maximum atomic E-state index is 5.64. The Morgan fingerprint density at radius 2 is 2.16 bits per heavy atom. The van der Waals surface area contributed by atoms with Gasteiger partial charge in [-0.15, -0.1) is 5.10 Å². The lowest BCUT2D eigenvalue weighted by Gasteiger charge is -2.07. The molecule has 0 amide bonds. The quantitative estimate of drug-likeness (QED) is 0.809. The SMILES string of the molecule is CNCc1cn(CCOc2cccc(OC)c2)nn1. The van der Waals surface area contributed by atoms with Crippen molar-refractivity contribution >= 4 is 0 Å². The van der Waals surface area contributed by atoms with Gasteiger partial charge in [-0.1, -0.05) is 11.3 Å². The third kappa shape index (κ3) is 3.96. The number of benzene rings is 1. The summed E-state index contributed by atoms with van der Waals surface area (Å²) in [6.45, 7) is 1.92. The van der Waals surface area contributed by atoms with E-state index in [9.17, 15) is 0 Å². The highest BCUT2D eigenvalue weighted by molar-refractivity contribution is 5.32. The number of nitrogens with zero attached hydrogens (tertiary/aromatic N) is 3. The molecule has 0 aliphatic carbocycles. The summed E-state index contributed by atoms with van der Waals surface area (Å²) < 4.78 is 12.5. The molecule has 0 saturated carbocycles. The fraction of sp³-hybridized carbons (Fsp3) is 0.385. The Morgan fingerprint density at radius 1 is 1.32 bits per heavy atom. The lowest BCUT2D eigenvalue weighted by atomic mass is 10.3. The van der Waals surface area contributed by atoms with Crippen LogP contribution in [0.5, 0.6) is 11.5 Å². The molecule has 0 spiro atoms. The summed E-state index contributed by atoms with van der Waals surface area (Å²) in [5.41, 5.74) is 0.920. The number of nitrogens with one attached hydrogen (secondary N) is 1. The Labute approximate surface area is 112 Å². The molecule has 2 rings (SSSR count). The van der Waals surface area contributed by atoms with Crippen LogP contribution in [0.3, 0.4) is 0 Å². The van der Waals surface area contributed by atoms with Crippen LogP contribution >= 0.6 is 0 Å². The predicted molar refractivity (Wildman–Crippen MR) is 71.3 cm³/mol. The van der Waals surface area contributed by atoms with Crippen molar-refractivity contribution < 1.29 is 9.47 Å². The summed E-state index contributed by atoms with van der Waals surface area (Å²) in [7, 11) is 3.52. The molecule has 1 aromatic heterocycles. The molecule has 19 heavy (non-hydrogen) atoms. The van der Waals surface area contributed by atoms with E-state index in [-0.39, 0.29) is 0 Å². The monoisotopic (exact) mass is 262 g/mol. The molecular formula is C13H18N4O2. The van der Waals surface area contributed by atoms with Crippen molar-refractivity contribution in [3.63, 3.8) is 0 Å². The molecular weight excluding hydrogens is 244 g/mol. The minimum atomic E-state index is 0.537. The van der Waals surface area contributed by atoms with Crippen LogP contribution in [0, 0.1) is 0 Å². The van der Waals surface area contributed by atoms with Crippen molar-refractivity contribution in [1.82, 2.24) is 20.3 Å². The van der Waals surface area contributed by atoms with Crippen LogP contribution in [-0.2, 0) is 13.1 Å². The zero-order valence-electron chi connectivity index (χ0n) is 11.2. The van der Waals surface area contributed by atoms with E-state index >= 15 is 0 Å². The summed E-state index contributed by atoms with van der Waals surface area (Å²) >= 11 is 0. The maximum absolute atomic E-state index is 5.64. The van der Waals surface area contributed by atoms with Crippen LogP contribution in [0.15, 0.2) is 30.5 Å². The van der Waals surface area contributed by atoms with Gasteiger partial charge in [0.25, 0.3) is 0 Å². The molecule has 0 radical (unpaired) electrons. The van der Waals surface area contributed by atoms with E-state index in [1.54, 1.807) is 11.8 Å². The minimum absolute atomic E-state index is 0.537. The Kier molecular flexibility index (Phi) is 4.74. The zero-order valence-corrected chi connectivity index (χ0v) is 11.2. The molecule has 0 atom stereocenters. The average molecular weight is 262 g/mol. The van der Waals surface area contributed by atoms with E-state index in [0.717, 1.165) is 23.7 Å². The third-order valence-electron chi connectivity index (χ3n) is 2.57. The van der Waals surface area contributed by atoms with Gasteiger partial charge in [0.15, 0.2) is 0 Å². The lowest BCUT2D eigenvalue weighted by molar-refractivity contribution is 0.288. The highest BCUT2D eigenvalue weighted by atomic mass is 16.5. The van der Waals surface area contributed by atoms with Crippen molar-refractivity contribution in [2.24, 2.45) is 0 Å². The van der Waals surface area contributed by atoms with Gasteiger partial charge in [-0.05, 0) is 19.2 Å². The van der Waals surface area contributed by atoms with E-state index in [1.165, 1.54) is 0 Å². The second-order valence-electron chi connectivity index (χ2n) is 4.03. The molecule has 0 bridgehead atoms. The van der Waals surface area contributed by atoms with E-state index in [0.29, 0.717) is 13.2 Å². The third-order valence-corrected chi connectivity index (χ3v) is 2.57. The fourth-order valence-corrected chi connectivity index (χ4v) is 1.66. The van der Waals surface area contributed by atoms with Gasteiger partial charge < -0.3 is 14.8 Å². The van der Waals surface area contributed by atoms with Gasteiger partial charge in [0, 0.05) is 18.8 Å². The molecule has 102 valence electrons. The smallest absolute Gasteiger partial charge is 0.123 e. The van der Waals surface area contributed by atoms with Gasteiger partial charge in [0.05, 0.1) is 19.3 Å². The number of hydrogen-bond acceptors (Lipinski definition) is 5. The van der Waals surface area contributed by atoms with E-state index < -0.39 is 0 Å². The van der Waals surface area contributed by atoms with Crippen molar-refractivity contribution in [2.45, 2.75) is 13.1 Å². The first kappa shape index (κ1) is 13.4. The predicted octanol–water partition coefficient (Wildman–Crippen LogP) is 1.09. The Balaban J connectivity index is 1.81. The molecule has 0 aliphatic heterocycles. The molecule has 0 unspecified atom stereocenters. The lowest BCUT2D eigenvalue weighted by Crippen LogP contribution is -2.09. The largest absolute Gasteiger partial charge is 0.497 e. The highest BCUT2D eigenvalue weighted by Crippen LogP contribution is 2.18. The Morgan fingerprint density at radius 3 is 2.95 bits per heavy atom. The number of rotatable bonds is 7. The first-order valence-electron chi connectivity index (χ1n) is 6.12.